The van der Waals surface area contributed by atoms with Gasteiger partial charge in [-0.1, -0.05) is 133 Å². The summed E-state index contributed by atoms with van der Waals surface area (Å²) >= 11 is 1.90. The third-order valence-electron chi connectivity index (χ3n) is 9.34. The van der Waals surface area contributed by atoms with Crippen molar-refractivity contribution in [3.63, 3.8) is 0 Å². The van der Waals surface area contributed by atoms with Crippen molar-refractivity contribution in [2.75, 3.05) is 0 Å². The van der Waals surface area contributed by atoms with Gasteiger partial charge in [0.2, 0.25) is 0 Å². The van der Waals surface area contributed by atoms with E-state index >= 15 is 0 Å². The fourth-order valence-corrected chi connectivity index (χ4v) is 8.58. The summed E-state index contributed by atoms with van der Waals surface area (Å²) < 4.78 is 0. The fraction of sp³-hybridized carbons (Fsp3) is 0.0500. The molecule has 0 spiro atoms. The first-order valence-electron chi connectivity index (χ1n) is 14.3. The molecule has 1 unspecified atom stereocenters. The van der Waals surface area contributed by atoms with E-state index in [1.807, 2.05) is 11.8 Å². The minimum atomic E-state index is -0.248. The molecule has 1 aliphatic heterocycles. The van der Waals surface area contributed by atoms with E-state index in [4.69, 9.17) is 0 Å². The van der Waals surface area contributed by atoms with E-state index in [-0.39, 0.29) is 5.41 Å². The summed E-state index contributed by atoms with van der Waals surface area (Å²) in [7, 11) is 0. The van der Waals surface area contributed by atoms with E-state index in [0.717, 1.165) is 0 Å². The van der Waals surface area contributed by atoms with E-state index in [1.165, 1.54) is 81.4 Å². The van der Waals surface area contributed by atoms with Gasteiger partial charge in [0.1, 0.15) is 0 Å². The highest BCUT2D eigenvalue weighted by Crippen LogP contribution is 2.56. The Kier molecular flexibility index (Phi) is 4.77. The highest BCUT2D eigenvalue weighted by molar-refractivity contribution is 7.99. The highest BCUT2D eigenvalue weighted by atomic mass is 32.2. The van der Waals surface area contributed by atoms with Crippen LogP contribution in [0.2, 0.25) is 0 Å². The molecule has 9 rings (SSSR count). The van der Waals surface area contributed by atoms with Gasteiger partial charge in [0, 0.05) is 26.2 Å². The lowest BCUT2D eigenvalue weighted by atomic mass is 9.73. The molecule has 0 bridgehead atoms. The largest absolute Gasteiger partial charge is 0.0888 e. The normalized spacial score (nSPS) is 16.4. The minimum Gasteiger partial charge on any atom is -0.0888 e. The first-order chi connectivity index (χ1) is 20.2. The molecule has 0 N–H and O–H groups in total. The second-order valence-electron chi connectivity index (χ2n) is 11.4. The van der Waals surface area contributed by atoms with Crippen LogP contribution in [0.25, 0.3) is 54.9 Å². The van der Waals surface area contributed by atoms with Crippen molar-refractivity contribution >= 4 is 33.3 Å². The topological polar surface area (TPSA) is 0 Å². The lowest BCUT2D eigenvalue weighted by Gasteiger charge is -2.29. The Hall–Kier alpha value is -4.59. The Morgan fingerprint density at radius 1 is 0.488 bits per heavy atom. The summed E-state index contributed by atoms with van der Waals surface area (Å²) in [5, 5.41) is 5.30. The lowest BCUT2D eigenvalue weighted by Crippen LogP contribution is -2.22. The third kappa shape index (κ3) is 3.13. The summed E-state index contributed by atoms with van der Waals surface area (Å²) in [6.45, 7) is 2.42. The Balaban J connectivity index is 1.33. The molecule has 0 saturated carbocycles. The van der Waals surface area contributed by atoms with Gasteiger partial charge in [-0.05, 0) is 85.8 Å². The first-order valence-corrected chi connectivity index (χ1v) is 15.1. The van der Waals surface area contributed by atoms with Crippen LogP contribution >= 0.6 is 11.8 Å². The molecule has 0 amide bonds. The van der Waals surface area contributed by atoms with Gasteiger partial charge >= 0.3 is 0 Å². The van der Waals surface area contributed by atoms with E-state index in [1.54, 1.807) is 0 Å². The second kappa shape index (κ2) is 8.46. The molecule has 7 aromatic carbocycles. The van der Waals surface area contributed by atoms with E-state index in [0.29, 0.717) is 0 Å². The van der Waals surface area contributed by atoms with Crippen molar-refractivity contribution in [2.24, 2.45) is 0 Å². The predicted molar refractivity (Wildman–Crippen MR) is 174 cm³/mol. The van der Waals surface area contributed by atoms with Gasteiger partial charge in [0.15, 0.2) is 0 Å². The van der Waals surface area contributed by atoms with Crippen LogP contribution < -0.4 is 0 Å². The Morgan fingerprint density at radius 3 is 2.12 bits per heavy atom. The van der Waals surface area contributed by atoms with Gasteiger partial charge in [0.05, 0.1) is 0 Å². The van der Waals surface area contributed by atoms with Crippen LogP contribution in [-0.4, -0.2) is 0 Å². The third-order valence-corrected chi connectivity index (χ3v) is 10.5. The van der Waals surface area contributed by atoms with Crippen LogP contribution in [-0.2, 0) is 5.41 Å². The van der Waals surface area contributed by atoms with Crippen molar-refractivity contribution < 1.29 is 0 Å². The zero-order chi connectivity index (χ0) is 27.1. The molecular weight excluding hydrogens is 513 g/mol. The van der Waals surface area contributed by atoms with Gasteiger partial charge in [-0.25, -0.2) is 0 Å². The molecular formula is C40H26S. The zero-order valence-corrected chi connectivity index (χ0v) is 23.5. The SMILES string of the molecule is CC1(c2ccccc2)c2cc(-c3cccc4c3-c3cccc5cccc(c35)S4)ccc2-c2c1ccc1ccccc21. The molecule has 0 radical (unpaired) electrons. The van der Waals surface area contributed by atoms with E-state index in [2.05, 4.69) is 146 Å². The van der Waals surface area contributed by atoms with Crippen LogP contribution in [0.15, 0.2) is 149 Å². The summed E-state index contributed by atoms with van der Waals surface area (Å²) in [6, 6.07) is 52.0. The molecule has 7 aromatic rings. The quantitative estimate of drug-likeness (QED) is 0.211. The molecule has 192 valence electrons. The molecule has 1 heterocycles. The van der Waals surface area contributed by atoms with Crippen molar-refractivity contribution in [1.29, 1.82) is 0 Å². The standard InChI is InChI=1S/C40H26S/c1-40(28-13-3-2-4-14-28)33-23-21-25-10-5-6-15-29(25)38(33)31-22-20-27(24-34(31)40)30-16-9-19-36-39(30)32-17-7-11-26-12-8-18-35(41-36)37(26)32/h2-24H,1H3. The minimum absolute atomic E-state index is 0.248. The molecule has 0 aromatic heterocycles. The Labute approximate surface area is 244 Å². The van der Waals surface area contributed by atoms with Crippen LogP contribution in [0.4, 0.5) is 0 Å². The van der Waals surface area contributed by atoms with Gasteiger partial charge in [-0.2, -0.15) is 0 Å². The molecule has 0 saturated heterocycles. The number of fused-ring (bicyclic) bond motifs is 7. The smallest absolute Gasteiger partial charge is 0.0435 e. The van der Waals surface area contributed by atoms with Gasteiger partial charge < -0.3 is 0 Å². The summed E-state index contributed by atoms with van der Waals surface area (Å²) in [4.78, 5) is 2.67. The molecule has 0 nitrogen and oxygen atoms in total. The second-order valence-corrected chi connectivity index (χ2v) is 12.5. The van der Waals surface area contributed by atoms with Crippen molar-refractivity contribution in [3.05, 3.63) is 156 Å². The number of hydrogen-bond acceptors (Lipinski definition) is 1. The van der Waals surface area contributed by atoms with Crippen molar-refractivity contribution in [1.82, 2.24) is 0 Å². The molecule has 1 atom stereocenters. The van der Waals surface area contributed by atoms with E-state index < -0.39 is 0 Å². The molecule has 1 aliphatic carbocycles. The van der Waals surface area contributed by atoms with Crippen LogP contribution in [0.3, 0.4) is 0 Å². The number of benzene rings is 7. The fourth-order valence-electron chi connectivity index (χ4n) is 7.40. The van der Waals surface area contributed by atoms with Gasteiger partial charge in [-0.3, -0.25) is 0 Å². The average molecular weight is 539 g/mol. The van der Waals surface area contributed by atoms with E-state index in [9.17, 15) is 0 Å². The summed E-state index contributed by atoms with van der Waals surface area (Å²) in [5.74, 6) is 0. The van der Waals surface area contributed by atoms with Crippen LogP contribution in [0.1, 0.15) is 23.6 Å². The maximum absolute atomic E-state index is 2.48. The Bertz CT molecular complexity index is 2180. The predicted octanol–water partition coefficient (Wildman–Crippen LogP) is 11.1. The summed E-state index contributed by atoms with van der Waals surface area (Å²) in [6.07, 6.45) is 0. The molecule has 41 heavy (non-hydrogen) atoms. The van der Waals surface area contributed by atoms with Crippen molar-refractivity contribution in [2.45, 2.75) is 22.1 Å². The Morgan fingerprint density at radius 2 is 1.22 bits per heavy atom. The maximum Gasteiger partial charge on any atom is 0.0435 e. The van der Waals surface area contributed by atoms with Crippen LogP contribution in [0.5, 0.6) is 0 Å². The summed E-state index contributed by atoms with van der Waals surface area (Å²) in [5.41, 5.74) is 11.8. The first kappa shape index (κ1) is 23.1. The average Bonchev–Trinajstić information content (AvgIpc) is 3.30. The number of hydrogen-bond donors (Lipinski definition) is 0. The molecule has 2 aliphatic rings. The highest BCUT2D eigenvalue weighted by Gasteiger charge is 2.41. The van der Waals surface area contributed by atoms with Gasteiger partial charge in [-0.15, -0.1) is 0 Å². The number of rotatable bonds is 2. The molecule has 0 fully saturated rings. The van der Waals surface area contributed by atoms with Gasteiger partial charge in [0.25, 0.3) is 0 Å². The van der Waals surface area contributed by atoms with Crippen LogP contribution in [0, 0.1) is 0 Å². The zero-order valence-electron chi connectivity index (χ0n) is 22.7. The lowest BCUT2D eigenvalue weighted by molar-refractivity contribution is 0.714. The maximum atomic E-state index is 2.48. The molecule has 1 heteroatoms. The van der Waals surface area contributed by atoms with Crippen molar-refractivity contribution in [3.8, 4) is 33.4 Å². The monoisotopic (exact) mass is 538 g/mol.